The Morgan fingerprint density at radius 2 is 1.86 bits per heavy atom. The number of aliphatic hydroxyl groups excluding tert-OH is 1. The normalized spacial score (nSPS) is 16.9. The molecule has 2 aromatic carbocycles. The van der Waals surface area contributed by atoms with E-state index in [1.807, 2.05) is 0 Å². The first-order chi connectivity index (χ1) is 17.1. The fourth-order valence-corrected chi connectivity index (χ4v) is 5.09. The van der Waals surface area contributed by atoms with Crippen molar-refractivity contribution in [1.82, 2.24) is 4.98 Å². The molecule has 1 amide bonds. The van der Waals surface area contributed by atoms with Gasteiger partial charge in [0, 0.05) is 10.6 Å². The van der Waals surface area contributed by atoms with Gasteiger partial charge in [-0.2, -0.15) is 0 Å². The first-order valence-corrected chi connectivity index (χ1v) is 12.4. The molecule has 184 valence electrons. The van der Waals surface area contributed by atoms with Gasteiger partial charge in [0.1, 0.15) is 17.2 Å². The molecule has 4 rings (SSSR count). The average molecular weight is 564 g/mol. The number of carbonyl (C=O) groups is 3. The molecule has 3 aromatic rings. The van der Waals surface area contributed by atoms with Gasteiger partial charge in [-0.3, -0.25) is 14.5 Å². The number of ether oxygens (including phenoxy) is 1. The molecule has 0 radical (unpaired) electrons. The van der Waals surface area contributed by atoms with Crippen LogP contribution in [0.25, 0.3) is 5.76 Å². The lowest BCUT2D eigenvalue weighted by molar-refractivity contribution is -0.132. The molecule has 0 aliphatic carbocycles. The summed E-state index contributed by atoms with van der Waals surface area (Å²) in [5, 5.41) is 12.1. The molecule has 1 N–H and O–H groups in total. The molecule has 1 fully saturated rings. The van der Waals surface area contributed by atoms with E-state index in [9.17, 15) is 19.5 Å². The van der Waals surface area contributed by atoms with Crippen LogP contribution in [0.3, 0.4) is 0 Å². The molecule has 1 saturated heterocycles. The van der Waals surface area contributed by atoms with Gasteiger partial charge >= 0.3 is 11.9 Å². The standard InChI is InChI=1S/C25H17Cl3N2O5S/c1-3-10-35-24(34)22-12(2)29-25(36-22)30-19(14-6-9-16(27)17(28)11-14)18(21(32)23(30)33)20(31)13-4-7-15(26)8-5-13/h3-9,11,19,31H,1,10H2,2H3/b20-18+. The second kappa shape index (κ2) is 10.4. The number of ketones is 1. The number of aromatic nitrogens is 1. The lowest BCUT2D eigenvalue weighted by atomic mass is 9.95. The Kier molecular flexibility index (Phi) is 7.51. The summed E-state index contributed by atoms with van der Waals surface area (Å²) >= 11 is 19.2. The molecular formula is C25H17Cl3N2O5S. The number of carbonyl (C=O) groups excluding carboxylic acids is 3. The molecule has 1 aliphatic rings. The maximum atomic E-state index is 13.3. The van der Waals surface area contributed by atoms with Crippen molar-refractivity contribution in [1.29, 1.82) is 0 Å². The highest BCUT2D eigenvalue weighted by atomic mass is 35.5. The van der Waals surface area contributed by atoms with E-state index in [2.05, 4.69) is 11.6 Å². The smallest absolute Gasteiger partial charge is 0.350 e. The van der Waals surface area contributed by atoms with Gasteiger partial charge in [-0.1, -0.05) is 64.9 Å². The van der Waals surface area contributed by atoms with Crippen molar-refractivity contribution in [3.05, 3.63) is 97.5 Å². The van der Waals surface area contributed by atoms with E-state index in [-0.39, 0.29) is 37.8 Å². The van der Waals surface area contributed by atoms with Gasteiger partial charge in [-0.05, 0) is 48.9 Å². The molecule has 1 aliphatic heterocycles. The predicted octanol–water partition coefficient (Wildman–Crippen LogP) is 6.38. The van der Waals surface area contributed by atoms with Crippen LogP contribution in [0.4, 0.5) is 5.13 Å². The largest absolute Gasteiger partial charge is 0.507 e. The fraction of sp³-hybridized carbons (Fsp3) is 0.120. The Labute approximate surface area is 225 Å². The zero-order valence-corrected chi connectivity index (χ0v) is 21.7. The van der Waals surface area contributed by atoms with Gasteiger partial charge < -0.3 is 9.84 Å². The van der Waals surface area contributed by atoms with E-state index < -0.39 is 29.5 Å². The Hall–Kier alpha value is -3.17. The minimum Gasteiger partial charge on any atom is -0.507 e. The summed E-state index contributed by atoms with van der Waals surface area (Å²) < 4.78 is 5.10. The van der Waals surface area contributed by atoms with Crippen LogP contribution in [0.15, 0.2) is 60.7 Å². The van der Waals surface area contributed by atoms with Gasteiger partial charge in [0.05, 0.1) is 27.4 Å². The van der Waals surface area contributed by atoms with Crippen molar-refractivity contribution in [2.75, 3.05) is 11.5 Å². The summed E-state index contributed by atoms with van der Waals surface area (Å²) in [6.45, 7) is 5.10. The molecule has 11 heteroatoms. The quantitative estimate of drug-likeness (QED) is 0.123. The maximum absolute atomic E-state index is 13.3. The molecule has 7 nitrogen and oxygen atoms in total. The average Bonchev–Trinajstić information content (AvgIpc) is 3.36. The fourth-order valence-electron chi connectivity index (χ4n) is 3.67. The zero-order chi connectivity index (χ0) is 26.1. The second-order valence-corrected chi connectivity index (χ2v) is 9.88. The van der Waals surface area contributed by atoms with Crippen LogP contribution in [0.1, 0.15) is 32.5 Å². The first-order valence-electron chi connectivity index (χ1n) is 10.4. The molecule has 0 spiro atoms. The van der Waals surface area contributed by atoms with Crippen LogP contribution in [-0.2, 0) is 14.3 Å². The topological polar surface area (TPSA) is 96.8 Å². The van der Waals surface area contributed by atoms with E-state index in [0.29, 0.717) is 16.3 Å². The second-order valence-electron chi connectivity index (χ2n) is 7.65. The molecule has 1 unspecified atom stereocenters. The molecular weight excluding hydrogens is 547 g/mol. The van der Waals surface area contributed by atoms with Crippen molar-refractivity contribution < 1.29 is 24.2 Å². The van der Waals surface area contributed by atoms with Crippen molar-refractivity contribution in [2.24, 2.45) is 0 Å². The van der Waals surface area contributed by atoms with Crippen LogP contribution in [0.2, 0.25) is 15.1 Å². The number of esters is 1. The number of thiazole rings is 1. The number of anilines is 1. The van der Waals surface area contributed by atoms with E-state index in [4.69, 9.17) is 39.5 Å². The van der Waals surface area contributed by atoms with Crippen LogP contribution >= 0.6 is 46.1 Å². The summed E-state index contributed by atoms with van der Waals surface area (Å²) in [6.07, 6.45) is 1.43. The van der Waals surface area contributed by atoms with Gasteiger partial charge in [0.15, 0.2) is 5.13 Å². The molecule has 0 saturated carbocycles. The van der Waals surface area contributed by atoms with Crippen LogP contribution in [-0.4, -0.2) is 34.4 Å². The molecule has 36 heavy (non-hydrogen) atoms. The lowest BCUT2D eigenvalue weighted by Gasteiger charge is -2.23. The van der Waals surface area contributed by atoms with Crippen molar-refractivity contribution in [3.8, 4) is 0 Å². The number of Topliss-reactive ketones (excluding diaryl/α,β-unsaturated/α-hetero) is 1. The van der Waals surface area contributed by atoms with Gasteiger partial charge in [-0.25, -0.2) is 9.78 Å². The van der Waals surface area contributed by atoms with Gasteiger partial charge in [0.25, 0.3) is 5.78 Å². The van der Waals surface area contributed by atoms with Crippen molar-refractivity contribution in [2.45, 2.75) is 13.0 Å². The summed E-state index contributed by atoms with van der Waals surface area (Å²) in [4.78, 5) is 44.7. The highest BCUT2D eigenvalue weighted by Gasteiger charge is 2.48. The van der Waals surface area contributed by atoms with Gasteiger partial charge in [-0.15, -0.1) is 0 Å². The number of aliphatic hydroxyl groups is 1. The summed E-state index contributed by atoms with van der Waals surface area (Å²) in [7, 11) is 0. The Bertz CT molecular complexity index is 1430. The van der Waals surface area contributed by atoms with E-state index in [1.54, 1.807) is 25.1 Å². The molecule has 0 bridgehead atoms. The molecule has 1 atom stereocenters. The third kappa shape index (κ3) is 4.77. The highest BCUT2D eigenvalue weighted by Crippen LogP contribution is 2.45. The number of amides is 1. The number of nitrogens with zero attached hydrogens (tertiary/aromatic N) is 2. The number of benzene rings is 2. The predicted molar refractivity (Wildman–Crippen MR) is 140 cm³/mol. The number of aryl methyl sites for hydroxylation is 1. The van der Waals surface area contributed by atoms with Crippen LogP contribution in [0.5, 0.6) is 0 Å². The van der Waals surface area contributed by atoms with E-state index in [0.717, 1.165) is 16.2 Å². The molecule has 2 heterocycles. The summed E-state index contributed by atoms with van der Waals surface area (Å²) in [6, 6.07) is 9.66. The lowest BCUT2D eigenvalue weighted by Crippen LogP contribution is -2.29. The third-order valence-electron chi connectivity index (χ3n) is 5.33. The molecule has 1 aromatic heterocycles. The van der Waals surface area contributed by atoms with E-state index >= 15 is 0 Å². The third-order valence-corrected chi connectivity index (χ3v) is 7.46. The maximum Gasteiger partial charge on any atom is 0.350 e. The van der Waals surface area contributed by atoms with Crippen LogP contribution in [0, 0.1) is 6.92 Å². The van der Waals surface area contributed by atoms with Crippen molar-refractivity contribution >= 4 is 74.7 Å². The van der Waals surface area contributed by atoms with Crippen LogP contribution < -0.4 is 4.90 Å². The minimum absolute atomic E-state index is 0.000384. The first kappa shape index (κ1) is 25.9. The Morgan fingerprint density at radius 3 is 2.50 bits per heavy atom. The number of hydrogen-bond donors (Lipinski definition) is 1. The minimum atomic E-state index is -1.10. The number of halogens is 3. The monoisotopic (exact) mass is 562 g/mol. The number of rotatable bonds is 6. The Morgan fingerprint density at radius 1 is 1.17 bits per heavy atom. The SMILES string of the molecule is C=CCOC(=O)c1sc(N2C(=O)C(=O)/C(=C(/O)c3ccc(Cl)cc3)C2c2ccc(Cl)c(Cl)c2)nc1C. The van der Waals surface area contributed by atoms with E-state index in [1.165, 1.54) is 30.3 Å². The number of hydrogen-bond acceptors (Lipinski definition) is 7. The summed E-state index contributed by atoms with van der Waals surface area (Å²) in [5.74, 6) is -2.90. The Balaban J connectivity index is 1.90. The highest BCUT2D eigenvalue weighted by molar-refractivity contribution is 7.17. The zero-order valence-electron chi connectivity index (χ0n) is 18.6. The van der Waals surface area contributed by atoms with Crippen molar-refractivity contribution in [3.63, 3.8) is 0 Å². The van der Waals surface area contributed by atoms with Gasteiger partial charge in [0.2, 0.25) is 0 Å². The summed E-state index contributed by atoms with van der Waals surface area (Å²) in [5.41, 5.74) is 0.829.